The zero-order chi connectivity index (χ0) is 16.2. The molecule has 1 amide bonds. The molecule has 1 saturated heterocycles. The van der Waals surface area contributed by atoms with Crippen LogP contribution in [0.4, 0.5) is 0 Å². The van der Waals surface area contributed by atoms with Crippen molar-refractivity contribution < 1.29 is 19.7 Å². The highest BCUT2D eigenvalue weighted by molar-refractivity contribution is 6.00. The molecule has 2 aromatic rings. The molecular weight excluding hydrogens is 298 g/mol. The quantitative estimate of drug-likeness (QED) is 0.891. The summed E-state index contributed by atoms with van der Waals surface area (Å²) < 4.78 is 5.61. The number of amides is 1. The molecule has 1 aromatic carbocycles. The van der Waals surface area contributed by atoms with E-state index in [-0.39, 0.29) is 35.3 Å². The first kappa shape index (κ1) is 15.1. The van der Waals surface area contributed by atoms with Crippen LogP contribution in [0.15, 0.2) is 30.7 Å². The lowest BCUT2D eigenvalue weighted by atomic mass is 10.1. The lowest BCUT2D eigenvalue weighted by Gasteiger charge is -2.19. The van der Waals surface area contributed by atoms with Gasteiger partial charge in [0.25, 0.3) is 5.91 Å². The summed E-state index contributed by atoms with van der Waals surface area (Å²) in [6, 6.07) is 4.15. The SMILES string of the molecule is O=C(c1c(O)cc(O)cc1OCc1ccncn1)N1CCCC1. The number of phenolic OH excluding ortho intramolecular Hbond substituents is 2. The van der Waals surface area contributed by atoms with E-state index < -0.39 is 0 Å². The fourth-order valence-electron chi connectivity index (χ4n) is 2.55. The third kappa shape index (κ3) is 3.33. The average Bonchev–Trinajstić information content (AvgIpc) is 3.07. The first-order chi connectivity index (χ1) is 11.1. The Kier molecular flexibility index (Phi) is 4.27. The highest BCUT2D eigenvalue weighted by atomic mass is 16.5. The second kappa shape index (κ2) is 6.51. The smallest absolute Gasteiger partial charge is 0.261 e. The molecule has 2 heterocycles. The van der Waals surface area contributed by atoms with Crippen molar-refractivity contribution in [1.29, 1.82) is 0 Å². The monoisotopic (exact) mass is 315 g/mol. The Morgan fingerprint density at radius 1 is 1.26 bits per heavy atom. The fraction of sp³-hybridized carbons (Fsp3) is 0.312. The molecule has 3 rings (SSSR count). The number of likely N-dealkylation sites (tertiary alicyclic amines) is 1. The molecule has 7 nitrogen and oxygen atoms in total. The molecule has 120 valence electrons. The van der Waals surface area contributed by atoms with Gasteiger partial charge in [0.15, 0.2) is 0 Å². The van der Waals surface area contributed by atoms with E-state index in [9.17, 15) is 15.0 Å². The van der Waals surface area contributed by atoms with E-state index in [1.165, 1.54) is 12.4 Å². The Labute approximate surface area is 133 Å². The number of benzene rings is 1. The topological polar surface area (TPSA) is 95.8 Å². The normalized spacial score (nSPS) is 14.0. The van der Waals surface area contributed by atoms with Gasteiger partial charge in [0.2, 0.25) is 0 Å². The van der Waals surface area contributed by atoms with Gasteiger partial charge in [-0.05, 0) is 18.9 Å². The third-order valence-electron chi connectivity index (χ3n) is 3.69. The number of ether oxygens (including phenoxy) is 1. The Hall–Kier alpha value is -2.83. The highest BCUT2D eigenvalue weighted by Crippen LogP contribution is 2.34. The number of hydrogen-bond acceptors (Lipinski definition) is 6. The van der Waals surface area contributed by atoms with Crippen LogP contribution in [0, 0.1) is 0 Å². The van der Waals surface area contributed by atoms with Crippen LogP contribution in [0.25, 0.3) is 0 Å². The van der Waals surface area contributed by atoms with Crippen LogP contribution in [-0.2, 0) is 6.61 Å². The van der Waals surface area contributed by atoms with E-state index in [0.717, 1.165) is 18.9 Å². The summed E-state index contributed by atoms with van der Waals surface area (Å²) in [6.45, 7) is 1.42. The average molecular weight is 315 g/mol. The van der Waals surface area contributed by atoms with Gasteiger partial charge in [-0.3, -0.25) is 4.79 Å². The number of phenols is 2. The second-order valence-corrected chi connectivity index (χ2v) is 5.33. The van der Waals surface area contributed by atoms with E-state index in [4.69, 9.17) is 4.74 Å². The number of carbonyl (C=O) groups is 1. The van der Waals surface area contributed by atoms with E-state index in [0.29, 0.717) is 18.8 Å². The highest BCUT2D eigenvalue weighted by Gasteiger charge is 2.26. The second-order valence-electron chi connectivity index (χ2n) is 5.33. The van der Waals surface area contributed by atoms with Crippen molar-refractivity contribution in [3.63, 3.8) is 0 Å². The molecule has 0 radical (unpaired) electrons. The maximum absolute atomic E-state index is 12.6. The largest absolute Gasteiger partial charge is 0.508 e. The summed E-state index contributed by atoms with van der Waals surface area (Å²) in [6.07, 6.45) is 4.88. The Bertz CT molecular complexity index is 700. The first-order valence-electron chi connectivity index (χ1n) is 7.38. The van der Waals surface area contributed by atoms with Crippen molar-refractivity contribution in [2.45, 2.75) is 19.4 Å². The molecule has 0 aliphatic carbocycles. The number of carbonyl (C=O) groups excluding carboxylic acids is 1. The number of hydrogen-bond donors (Lipinski definition) is 2. The molecule has 0 atom stereocenters. The molecule has 7 heteroatoms. The molecule has 1 aromatic heterocycles. The van der Waals surface area contributed by atoms with Crippen LogP contribution in [0.3, 0.4) is 0 Å². The summed E-state index contributed by atoms with van der Waals surface area (Å²) >= 11 is 0. The number of aromatic hydroxyl groups is 2. The minimum absolute atomic E-state index is 0.0683. The lowest BCUT2D eigenvalue weighted by Crippen LogP contribution is -2.28. The van der Waals surface area contributed by atoms with Crippen molar-refractivity contribution >= 4 is 5.91 Å². The van der Waals surface area contributed by atoms with E-state index in [1.54, 1.807) is 17.2 Å². The Morgan fingerprint density at radius 2 is 2.04 bits per heavy atom. The number of aromatic nitrogens is 2. The predicted octanol–water partition coefficient (Wildman–Crippen LogP) is 1.70. The van der Waals surface area contributed by atoms with Crippen molar-refractivity contribution in [2.24, 2.45) is 0 Å². The summed E-state index contributed by atoms with van der Waals surface area (Å²) in [5.41, 5.74) is 0.696. The zero-order valence-electron chi connectivity index (χ0n) is 12.5. The van der Waals surface area contributed by atoms with Crippen LogP contribution < -0.4 is 4.74 Å². The van der Waals surface area contributed by atoms with Crippen LogP contribution in [0.5, 0.6) is 17.2 Å². The minimum atomic E-state index is -0.294. The van der Waals surface area contributed by atoms with Gasteiger partial charge in [0.1, 0.15) is 35.7 Å². The predicted molar refractivity (Wildman–Crippen MR) is 81.3 cm³/mol. The first-order valence-corrected chi connectivity index (χ1v) is 7.38. The molecule has 0 unspecified atom stereocenters. The van der Waals surface area contributed by atoms with Gasteiger partial charge >= 0.3 is 0 Å². The van der Waals surface area contributed by atoms with E-state index >= 15 is 0 Å². The van der Waals surface area contributed by atoms with E-state index in [2.05, 4.69) is 9.97 Å². The molecule has 2 N–H and O–H groups in total. The van der Waals surface area contributed by atoms with Gasteiger partial charge in [-0.1, -0.05) is 0 Å². The Morgan fingerprint density at radius 3 is 2.74 bits per heavy atom. The molecule has 0 saturated carbocycles. The number of rotatable bonds is 4. The van der Waals surface area contributed by atoms with Crippen LogP contribution in [0.2, 0.25) is 0 Å². The van der Waals surface area contributed by atoms with Gasteiger partial charge in [0.05, 0.1) is 5.69 Å². The maximum Gasteiger partial charge on any atom is 0.261 e. The number of nitrogens with zero attached hydrogens (tertiary/aromatic N) is 3. The zero-order valence-corrected chi connectivity index (χ0v) is 12.5. The molecule has 1 fully saturated rings. The summed E-state index contributed by atoms with van der Waals surface area (Å²) in [5, 5.41) is 19.8. The maximum atomic E-state index is 12.6. The third-order valence-corrected chi connectivity index (χ3v) is 3.69. The Balaban J connectivity index is 1.87. The van der Waals surface area contributed by atoms with Crippen molar-refractivity contribution in [3.05, 3.63) is 42.0 Å². The summed E-state index contributed by atoms with van der Waals surface area (Å²) in [4.78, 5) is 22.1. The molecular formula is C16H17N3O4. The molecule has 23 heavy (non-hydrogen) atoms. The van der Waals surface area contributed by atoms with Gasteiger partial charge in [0, 0.05) is 31.4 Å². The summed E-state index contributed by atoms with van der Waals surface area (Å²) in [7, 11) is 0. The molecule has 1 aliphatic heterocycles. The summed E-state index contributed by atoms with van der Waals surface area (Å²) in [5.74, 6) is -0.617. The molecule has 1 aliphatic rings. The van der Waals surface area contributed by atoms with Gasteiger partial charge in [-0.15, -0.1) is 0 Å². The van der Waals surface area contributed by atoms with Crippen LogP contribution in [0.1, 0.15) is 28.9 Å². The van der Waals surface area contributed by atoms with Crippen molar-refractivity contribution in [3.8, 4) is 17.2 Å². The van der Waals surface area contributed by atoms with Gasteiger partial charge in [-0.2, -0.15) is 0 Å². The fourth-order valence-corrected chi connectivity index (χ4v) is 2.55. The van der Waals surface area contributed by atoms with Gasteiger partial charge < -0.3 is 19.8 Å². The minimum Gasteiger partial charge on any atom is -0.508 e. The van der Waals surface area contributed by atoms with Crippen molar-refractivity contribution in [1.82, 2.24) is 14.9 Å². The van der Waals surface area contributed by atoms with Crippen LogP contribution >= 0.6 is 0 Å². The molecule has 0 spiro atoms. The lowest BCUT2D eigenvalue weighted by molar-refractivity contribution is 0.0784. The molecule has 0 bridgehead atoms. The van der Waals surface area contributed by atoms with Gasteiger partial charge in [-0.25, -0.2) is 9.97 Å². The van der Waals surface area contributed by atoms with E-state index in [1.807, 2.05) is 0 Å². The van der Waals surface area contributed by atoms with Crippen LogP contribution in [-0.4, -0.2) is 44.1 Å². The van der Waals surface area contributed by atoms with Crippen molar-refractivity contribution in [2.75, 3.05) is 13.1 Å². The standard InChI is InChI=1S/C16H17N3O4/c20-12-7-13(21)15(16(22)19-5-1-2-6-19)14(8-12)23-9-11-3-4-17-10-18-11/h3-4,7-8,10,20-21H,1-2,5-6,9H2.